The number of anilines is 1. The number of carbonyl (C=O) groups is 2. The number of hydrogen-bond donors (Lipinski definition) is 1. The van der Waals surface area contributed by atoms with Gasteiger partial charge in [-0.05, 0) is 25.0 Å². The highest BCUT2D eigenvalue weighted by molar-refractivity contribution is 6.05. The second-order valence-corrected chi connectivity index (χ2v) is 5.74. The molecule has 0 radical (unpaired) electrons. The van der Waals surface area contributed by atoms with Gasteiger partial charge >= 0.3 is 12.0 Å². The Hall–Kier alpha value is -3.16. The van der Waals surface area contributed by atoms with E-state index in [0.717, 1.165) is 0 Å². The summed E-state index contributed by atoms with van der Waals surface area (Å²) in [6.45, 7) is 0.455. The Kier molecular flexibility index (Phi) is 4.51. The monoisotopic (exact) mass is 343 g/mol. The van der Waals surface area contributed by atoms with E-state index in [4.69, 9.17) is 4.74 Å². The Morgan fingerprint density at radius 1 is 1.24 bits per heavy atom. The van der Waals surface area contributed by atoms with Gasteiger partial charge in [-0.3, -0.25) is 10.1 Å². The third-order valence-electron chi connectivity index (χ3n) is 4.33. The van der Waals surface area contributed by atoms with Gasteiger partial charge in [0.1, 0.15) is 6.04 Å². The van der Waals surface area contributed by atoms with Crippen molar-refractivity contribution >= 4 is 34.1 Å². The molecule has 2 aromatic carbocycles. The summed E-state index contributed by atoms with van der Waals surface area (Å²) in [5.41, 5.74) is 0.434. The van der Waals surface area contributed by atoms with Gasteiger partial charge in [0, 0.05) is 18.0 Å². The van der Waals surface area contributed by atoms with E-state index >= 15 is 0 Å². The van der Waals surface area contributed by atoms with Crippen molar-refractivity contribution in [2.75, 3.05) is 19.0 Å². The van der Waals surface area contributed by atoms with Crippen LogP contribution in [-0.2, 0) is 9.53 Å². The van der Waals surface area contributed by atoms with Crippen LogP contribution in [-0.4, -0.2) is 41.5 Å². The van der Waals surface area contributed by atoms with Crippen molar-refractivity contribution in [2.45, 2.75) is 18.9 Å². The lowest BCUT2D eigenvalue weighted by atomic mass is 10.1. The molecular weight excluding hydrogens is 326 g/mol. The van der Waals surface area contributed by atoms with Gasteiger partial charge in [-0.15, -0.1) is 0 Å². The van der Waals surface area contributed by atoms with Crippen LogP contribution >= 0.6 is 0 Å². The second kappa shape index (κ2) is 6.76. The fourth-order valence-corrected chi connectivity index (χ4v) is 3.13. The van der Waals surface area contributed by atoms with E-state index < -0.39 is 23.0 Å². The molecule has 25 heavy (non-hydrogen) atoms. The standard InChI is InChI=1S/C17H17N3O5/c1-25-16(21)15-7-4-10-19(15)17(22)18-13-8-9-14(20(23)24)12-6-3-2-5-11(12)13/h2-3,5-6,8-9,15H,4,7,10H2,1H3,(H,18,22). The van der Waals surface area contributed by atoms with Crippen LogP contribution in [0.4, 0.5) is 16.2 Å². The number of ether oxygens (including phenoxy) is 1. The third kappa shape index (κ3) is 3.10. The topological polar surface area (TPSA) is 102 Å². The fraction of sp³-hybridized carbons (Fsp3) is 0.294. The van der Waals surface area contributed by atoms with Gasteiger partial charge in [-0.2, -0.15) is 0 Å². The van der Waals surface area contributed by atoms with Crippen molar-refractivity contribution in [3.05, 3.63) is 46.5 Å². The molecule has 130 valence electrons. The second-order valence-electron chi connectivity index (χ2n) is 5.74. The van der Waals surface area contributed by atoms with Crippen LogP contribution < -0.4 is 5.32 Å². The summed E-state index contributed by atoms with van der Waals surface area (Å²) in [7, 11) is 1.29. The SMILES string of the molecule is COC(=O)C1CCCN1C(=O)Nc1ccc([N+](=O)[O-])c2ccccc12. The molecule has 1 aliphatic rings. The fourth-order valence-electron chi connectivity index (χ4n) is 3.13. The number of nitro groups is 1. The first-order valence-corrected chi connectivity index (χ1v) is 7.84. The van der Waals surface area contributed by atoms with Crippen molar-refractivity contribution in [2.24, 2.45) is 0 Å². The normalized spacial score (nSPS) is 16.7. The molecule has 3 rings (SSSR count). The highest BCUT2D eigenvalue weighted by Gasteiger charge is 2.35. The Morgan fingerprint density at radius 3 is 2.64 bits per heavy atom. The maximum absolute atomic E-state index is 12.6. The van der Waals surface area contributed by atoms with E-state index in [0.29, 0.717) is 35.8 Å². The molecular formula is C17H17N3O5. The first kappa shape index (κ1) is 16.7. The number of non-ortho nitro benzene ring substituents is 1. The summed E-state index contributed by atoms with van der Waals surface area (Å²) >= 11 is 0. The van der Waals surface area contributed by atoms with E-state index in [1.54, 1.807) is 24.3 Å². The zero-order valence-electron chi connectivity index (χ0n) is 13.6. The number of benzene rings is 2. The summed E-state index contributed by atoms with van der Waals surface area (Å²) in [5, 5.41) is 14.9. The molecule has 0 aliphatic carbocycles. The van der Waals surface area contributed by atoms with E-state index in [2.05, 4.69) is 5.32 Å². The van der Waals surface area contributed by atoms with Crippen LogP contribution in [0, 0.1) is 10.1 Å². The lowest BCUT2D eigenvalue weighted by Gasteiger charge is -2.23. The van der Waals surface area contributed by atoms with Gasteiger partial charge in [0.2, 0.25) is 0 Å². The zero-order chi connectivity index (χ0) is 18.0. The quantitative estimate of drug-likeness (QED) is 0.524. The number of nitrogens with one attached hydrogen (secondary N) is 1. The van der Waals surface area contributed by atoms with Crippen LogP contribution in [0.5, 0.6) is 0 Å². The summed E-state index contributed by atoms with van der Waals surface area (Å²) < 4.78 is 4.74. The highest BCUT2D eigenvalue weighted by atomic mass is 16.6. The van der Waals surface area contributed by atoms with Gasteiger partial charge in [0.25, 0.3) is 5.69 Å². The minimum absolute atomic E-state index is 0.0257. The van der Waals surface area contributed by atoms with E-state index in [9.17, 15) is 19.7 Å². The molecule has 1 saturated heterocycles. The smallest absolute Gasteiger partial charge is 0.328 e. The molecule has 8 heteroatoms. The first-order chi connectivity index (χ1) is 12.0. The number of hydrogen-bond acceptors (Lipinski definition) is 5. The Labute approximate surface area is 143 Å². The summed E-state index contributed by atoms with van der Waals surface area (Å²) in [6.07, 6.45) is 1.27. The van der Waals surface area contributed by atoms with Crippen LogP contribution in [0.2, 0.25) is 0 Å². The minimum Gasteiger partial charge on any atom is -0.467 e. The molecule has 8 nitrogen and oxygen atoms in total. The number of fused-ring (bicyclic) bond motifs is 1. The molecule has 0 aromatic heterocycles. The van der Waals surface area contributed by atoms with Gasteiger partial charge in [0.05, 0.1) is 23.1 Å². The van der Waals surface area contributed by atoms with Gasteiger partial charge in [-0.25, -0.2) is 9.59 Å². The number of methoxy groups -OCH3 is 1. The predicted octanol–water partition coefficient (Wildman–Crippen LogP) is 2.92. The number of urea groups is 1. The van der Waals surface area contributed by atoms with Crippen LogP contribution in [0.15, 0.2) is 36.4 Å². The summed E-state index contributed by atoms with van der Waals surface area (Å²) in [6, 6.07) is 8.63. The molecule has 0 spiro atoms. The van der Waals surface area contributed by atoms with E-state index in [1.165, 1.54) is 24.1 Å². The molecule has 2 aromatic rings. The van der Waals surface area contributed by atoms with Crippen LogP contribution in [0.1, 0.15) is 12.8 Å². The predicted molar refractivity (Wildman–Crippen MR) is 91.4 cm³/mol. The highest BCUT2D eigenvalue weighted by Crippen LogP contribution is 2.32. The average Bonchev–Trinajstić information content (AvgIpc) is 3.11. The number of esters is 1. The van der Waals surface area contributed by atoms with Crippen LogP contribution in [0.25, 0.3) is 10.8 Å². The minimum atomic E-state index is -0.602. The molecule has 2 amide bonds. The number of amides is 2. The summed E-state index contributed by atoms with van der Waals surface area (Å²) in [5.74, 6) is -0.443. The molecule has 1 atom stereocenters. The maximum atomic E-state index is 12.6. The van der Waals surface area contributed by atoms with Gasteiger partial charge in [-0.1, -0.05) is 18.2 Å². The lowest BCUT2D eigenvalue weighted by Crippen LogP contribution is -2.43. The lowest BCUT2D eigenvalue weighted by molar-refractivity contribution is -0.383. The number of carbonyl (C=O) groups excluding carboxylic acids is 2. The number of nitro benzene ring substituents is 1. The molecule has 0 saturated carbocycles. The van der Waals surface area contributed by atoms with E-state index in [1.807, 2.05) is 0 Å². The summed E-state index contributed by atoms with van der Waals surface area (Å²) in [4.78, 5) is 36.5. The molecule has 0 bridgehead atoms. The zero-order valence-corrected chi connectivity index (χ0v) is 13.6. The largest absolute Gasteiger partial charge is 0.467 e. The number of nitrogens with zero attached hydrogens (tertiary/aromatic N) is 2. The maximum Gasteiger partial charge on any atom is 0.328 e. The molecule has 1 unspecified atom stereocenters. The Bertz CT molecular complexity index is 851. The Morgan fingerprint density at radius 2 is 1.96 bits per heavy atom. The van der Waals surface area contributed by atoms with Crippen molar-refractivity contribution in [1.29, 1.82) is 0 Å². The van der Waals surface area contributed by atoms with E-state index in [-0.39, 0.29) is 5.69 Å². The van der Waals surface area contributed by atoms with Gasteiger partial charge in [0.15, 0.2) is 0 Å². The molecule has 1 aliphatic heterocycles. The average molecular weight is 343 g/mol. The molecule has 1 N–H and O–H groups in total. The molecule has 1 heterocycles. The van der Waals surface area contributed by atoms with Crippen LogP contribution in [0.3, 0.4) is 0 Å². The third-order valence-corrected chi connectivity index (χ3v) is 4.33. The Balaban J connectivity index is 1.91. The number of rotatable bonds is 3. The van der Waals surface area contributed by atoms with Gasteiger partial charge < -0.3 is 15.0 Å². The van der Waals surface area contributed by atoms with Crippen molar-refractivity contribution in [3.63, 3.8) is 0 Å². The van der Waals surface area contributed by atoms with Crippen molar-refractivity contribution in [3.8, 4) is 0 Å². The van der Waals surface area contributed by atoms with Crippen molar-refractivity contribution < 1.29 is 19.2 Å². The molecule has 1 fully saturated rings. The van der Waals surface area contributed by atoms with Crippen molar-refractivity contribution in [1.82, 2.24) is 4.90 Å². The first-order valence-electron chi connectivity index (χ1n) is 7.84. The number of likely N-dealkylation sites (tertiary alicyclic amines) is 1.